The quantitative estimate of drug-likeness (QED) is 0.273. The van der Waals surface area contributed by atoms with Crippen LogP contribution in [0.2, 0.25) is 0 Å². The molecule has 0 spiro atoms. The molecule has 0 aliphatic heterocycles. The number of fused-ring (bicyclic) bond motifs is 1. The van der Waals surface area contributed by atoms with E-state index >= 15 is 0 Å². The van der Waals surface area contributed by atoms with E-state index in [9.17, 15) is 13.6 Å². The predicted molar refractivity (Wildman–Crippen MR) is 114 cm³/mol. The Labute approximate surface area is 182 Å². The van der Waals surface area contributed by atoms with Gasteiger partial charge in [-0.3, -0.25) is 9.36 Å². The molecule has 2 aromatic carbocycles. The van der Waals surface area contributed by atoms with Gasteiger partial charge in [-0.1, -0.05) is 29.1 Å². The van der Waals surface area contributed by atoms with Crippen LogP contribution in [0, 0.1) is 11.6 Å². The summed E-state index contributed by atoms with van der Waals surface area (Å²) in [5.41, 5.74) is 0.775. The van der Waals surface area contributed by atoms with E-state index in [-0.39, 0.29) is 16.6 Å². The zero-order valence-corrected chi connectivity index (χ0v) is 17.3. The van der Waals surface area contributed by atoms with Crippen molar-refractivity contribution in [3.63, 3.8) is 0 Å². The second kappa shape index (κ2) is 8.05. The van der Waals surface area contributed by atoms with Crippen LogP contribution in [0.4, 0.5) is 8.78 Å². The normalized spacial score (nSPS) is 11.3. The molecule has 0 atom stereocenters. The molecule has 3 aromatic heterocycles. The molecule has 5 rings (SSSR count). The number of para-hydroxylation sites is 1. The molecule has 0 saturated carbocycles. The van der Waals surface area contributed by atoms with E-state index in [1.165, 1.54) is 17.4 Å². The van der Waals surface area contributed by atoms with Crippen LogP contribution in [0.25, 0.3) is 28.0 Å². The van der Waals surface area contributed by atoms with Crippen LogP contribution in [-0.4, -0.2) is 19.7 Å². The lowest BCUT2D eigenvalue weighted by Crippen LogP contribution is -2.22. The number of aromatic nitrogens is 4. The zero-order chi connectivity index (χ0) is 21.4. The molecule has 154 valence electrons. The molecule has 0 amide bonds. The number of benzene rings is 2. The number of nitrogens with zero attached hydrogens (tertiary/aromatic N) is 4. The number of halogens is 2. The fourth-order valence-corrected chi connectivity index (χ4v) is 4.51. The number of rotatable bonds is 5. The first-order valence-electron chi connectivity index (χ1n) is 9.05. The third kappa shape index (κ3) is 3.75. The van der Waals surface area contributed by atoms with Gasteiger partial charge in [-0.15, -0.1) is 0 Å². The van der Waals surface area contributed by atoms with Crippen LogP contribution in [-0.2, 0) is 5.75 Å². The molecule has 0 aliphatic rings. The van der Waals surface area contributed by atoms with Crippen molar-refractivity contribution in [1.82, 2.24) is 19.7 Å². The van der Waals surface area contributed by atoms with Crippen LogP contribution in [0.3, 0.4) is 0 Å². The van der Waals surface area contributed by atoms with Crippen LogP contribution < -0.4 is 5.56 Å². The number of thioether (sulfide) groups is 1. The van der Waals surface area contributed by atoms with Gasteiger partial charge in [0.2, 0.25) is 11.7 Å². The van der Waals surface area contributed by atoms with Crippen molar-refractivity contribution in [3.8, 4) is 17.1 Å². The second-order valence-corrected chi connectivity index (χ2v) is 8.18. The second-order valence-electron chi connectivity index (χ2n) is 6.46. The summed E-state index contributed by atoms with van der Waals surface area (Å²) in [6, 6.07) is 11.7. The highest BCUT2D eigenvalue weighted by Crippen LogP contribution is 2.27. The average molecular weight is 454 g/mol. The molecule has 10 heteroatoms. The SMILES string of the molecule is O=c1c2ccccc2nc(SCc2nc(-c3ccsc3)no2)n1-c1ccc(F)cc1F. The van der Waals surface area contributed by atoms with Crippen molar-refractivity contribution < 1.29 is 13.3 Å². The summed E-state index contributed by atoms with van der Waals surface area (Å²) in [6.07, 6.45) is 0. The van der Waals surface area contributed by atoms with Gasteiger partial charge in [-0.05, 0) is 35.7 Å². The van der Waals surface area contributed by atoms with Crippen LogP contribution in [0.1, 0.15) is 5.89 Å². The van der Waals surface area contributed by atoms with E-state index in [2.05, 4.69) is 15.1 Å². The monoisotopic (exact) mass is 454 g/mol. The summed E-state index contributed by atoms with van der Waals surface area (Å²) in [5.74, 6) is -0.585. The highest BCUT2D eigenvalue weighted by Gasteiger charge is 2.18. The molecule has 0 radical (unpaired) electrons. The van der Waals surface area contributed by atoms with Gasteiger partial charge >= 0.3 is 0 Å². The Kier molecular flexibility index (Phi) is 5.08. The minimum absolute atomic E-state index is 0.0864. The van der Waals surface area contributed by atoms with Crippen molar-refractivity contribution in [1.29, 1.82) is 0 Å². The predicted octanol–water partition coefficient (Wildman–Crippen LogP) is 5.07. The molecule has 0 bridgehead atoms. The van der Waals surface area contributed by atoms with Crippen molar-refractivity contribution in [2.45, 2.75) is 10.9 Å². The Balaban J connectivity index is 1.56. The third-order valence-corrected chi connectivity index (χ3v) is 6.07. The highest BCUT2D eigenvalue weighted by atomic mass is 32.2. The Morgan fingerprint density at radius 1 is 1.10 bits per heavy atom. The molecule has 0 N–H and O–H groups in total. The van der Waals surface area contributed by atoms with Gasteiger partial charge in [-0.2, -0.15) is 16.3 Å². The van der Waals surface area contributed by atoms with Crippen molar-refractivity contribution in [2.75, 3.05) is 0 Å². The Hall–Kier alpha value is -3.37. The molecule has 0 unspecified atom stereocenters. The summed E-state index contributed by atoms with van der Waals surface area (Å²) < 4.78 is 34.4. The minimum Gasteiger partial charge on any atom is -0.338 e. The Morgan fingerprint density at radius 2 is 1.97 bits per heavy atom. The first-order chi connectivity index (χ1) is 15.1. The maximum Gasteiger partial charge on any atom is 0.266 e. The van der Waals surface area contributed by atoms with Gasteiger partial charge in [0.25, 0.3) is 5.56 Å². The summed E-state index contributed by atoms with van der Waals surface area (Å²) in [4.78, 5) is 22.0. The molecule has 0 aliphatic carbocycles. The van der Waals surface area contributed by atoms with Crippen molar-refractivity contribution >= 4 is 34.0 Å². The zero-order valence-electron chi connectivity index (χ0n) is 15.7. The Morgan fingerprint density at radius 3 is 2.77 bits per heavy atom. The summed E-state index contributed by atoms with van der Waals surface area (Å²) in [5, 5.41) is 8.33. The van der Waals surface area contributed by atoms with E-state index in [1.54, 1.807) is 24.3 Å². The lowest BCUT2D eigenvalue weighted by molar-refractivity contribution is 0.391. The van der Waals surface area contributed by atoms with Crippen molar-refractivity contribution in [3.05, 3.63) is 87.2 Å². The maximum absolute atomic E-state index is 14.5. The summed E-state index contributed by atoms with van der Waals surface area (Å²) in [6.45, 7) is 0. The molecule has 0 saturated heterocycles. The van der Waals surface area contributed by atoms with E-state index in [0.717, 1.165) is 34.0 Å². The van der Waals surface area contributed by atoms with E-state index in [4.69, 9.17) is 4.52 Å². The van der Waals surface area contributed by atoms with Crippen LogP contribution in [0.15, 0.2) is 73.8 Å². The Bertz CT molecular complexity index is 1450. The molecule has 3 heterocycles. The average Bonchev–Trinajstić information content (AvgIpc) is 3.45. The molecule has 0 fully saturated rings. The van der Waals surface area contributed by atoms with Crippen molar-refractivity contribution in [2.24, 2.45) is 0 Å². The summed E-state index contributed by atoms with van der Waals surface area (Å²) in [7, 11) is 0. The minimum atomic E-state index is -0.862. The molecule has 6 nitrogen and oxygen atoms in total. The molecule has 31 heavy (non-hydrogen) atoms. The van der Waals surface area contributed by atoms with Gasteiger partial charge in [0, 0.05) is 17.0 Å². The van der Waals surface area contributed by atoms with Crippen LogP contribution >= 0.6 is 23.1 Å². The number of thiophene rings is 1. The van der Waals surface area contributed by atoms with Gasteiger partial charge in [0.1, 0.15) is 11.6 Å². The number of hydrogen-bond donors (Lipinski definition) is 0. The fraction of sp³-hybridized carbons (Fsp3) is 0.0476. The first-order valence-corrected chi connectivity index (χ1v) is 11.0. The maximum atomic E-state index is 14.5. The largest absolute Gasteiger partial charge is 0.338 e. The third-order valence-electron chi connectivity index (χ3n) is 4.47. The summed E-state index contributed by atoms with van der Waals surface area (Å²) >= 11 is 2.67. The van der Waals surface area contributed by atoms with Gasteiger partial charge < -0.3 is 4.52 Å². The molecular formula is C21H12F2N4O2S2. The smallest absolute Gasteiger partial charge is 0.266 e. The van der Waals surface area contributed by atoms with Crippen LogP contribution in [0.5, 0.6) is 0 Å². The standard InChI is InChI=1S/C21H12F2N4O2S2/c22-13-5-6-17(15(23)9-13)27-20(28)14-3-1-2-4-16(14)24-21(27)31-11-18-25-19(26-29-18)12-7-8-30-10-12/h1-10H,11H2. The van der Waals surface area contributed by atoms with Gasteiger partial charge in [-0.25, -0.2) is 13.8 Å². The van der Waals surface area contributed by atoms with E-state index in [1.807, 2.05) is 16.8 Å². The lowest BCUT2D eigenvalue weighted by Gasteiger charge is -2.13. The van der Waals surface area contributed by atoms with E-state index < -0.39 is 17.2 Å². The highest BCUT2D eigenvalue weighted by molar-refractivity contribution is 7.98. The lowest BCUT2D eigenvalue weighted by atomic mass is 10.2. The first kappa shape index (κ1) is 19.6. The fourth-order valence-electron chi connectivity index (χ4n) is 3.03. The number of hydrogen-bond acceptors (Lipinski definition) is 7. The van der Waals surface area contributed by atoms with E-state index in [0.29, 0.717) is 22.6 Å². The topological polar surface area (TPSA) is 73.8 Å². The van der Waals surface area contributed by atoms with Gasteiger partial charge in [0.15, 0.2) is 5.16 Å². The molecular weight excluding hydrogens is 442 g/mol. The van der Waals surface area contributed by atoms with Gasteiger partial charge in [0.05, 0.1) is 22.3 Å². The molecule has 5 aromatic rings.